The lowest BCUT2D eigenvalue weighted by Gasteiger charge is -2.13. The molecule has 16 heavy (non-hydrogen) atoms. The van der Waals surface area contributed by atoms with Crippen molar-refractivity contribution in [3.8, 4) is 5.75 Å². The summed E-state index contributed by atoms with van der Waals surface area (Å²) < 4.78 is 5.25. The first-order chi connectivity index (χ1) is 7.49. The van der Waals surface area contributed by atoms with Gasteiger partial charge in [0.1, 0.15) is 5.75 Å². The summed E-state index contributed by atoms with van der Waals surface area (Å²) in [6.45, 7) is 1.51. The Kier molecular flexibility index (Phi) is 4.13. The van der Waals surface area contributed by atoms with Crippen molar-refractivity contribution in [3.63, 3.8) is 0 Å². The Hall–Kier alpha value is -1.75. The SMILES string of the molecule is CC(Oc1ccc(Cl)cc1)C(=O)NC(N)=O. The van der Waals surface area contributed by atoms with Crippen LogP contribution in [0, 0.1) is 0 Å². The molecule has 0 bridgehead atoms. The number of nitrogens with two attached hydrogens (primary N) is 1. The molecule has 0 saturated heterocycles. The fraction of sp³-hybridized carbons (Fsp3) is 0.200. The van der Waals surface area contributed by atoms with E-state index < -0.39 is 18.0 Å². The van der Waals surface area contributed by atoms with Gasteiger partial charge in [0.25, 0.3) is 5.91 Å². The fourth-order valence-electron chi connectivity index (χ4n) is 0.994. The number of carbonyl (C=O) groups is 2. The summed E-state index contributed by atoms with van der Waals surface area (Å²) in [6, 6.07) is 5.61. The Morgan fingerprint density at radius 1 is 1.38 bits per heavy atom. The molecule has 0 heterocycles. The molecular formula is C10H11ClN2O3. The quantitative estimate of drug-likeness (QED) is 0.838. The van der Waals surface area contributed by atoms with Crippen molar-refractivity contribution < 1.29 is 14.3 Å². The number of imide groups is 1. The van der Waals surface area contributed by atoms with Crippen LogP contribution in [0.5, 0.6) is 5.75 Å². The van der Waals surface area contributed by atoms with E-state index >= 15 is 0 Å². The predicted molar refractivity (Wildman–Crippen MR) is 59.3 cm³/mol. The van der Waals surface area contributed by atoms with Gasteiger partial charge in [-0.15, -0.1) is 0 Å². The van der Waals surface area contributed by atoms with Gasteiger partial charge in [-0.25, -0.2) is 4.79 Å². The molecule has 6 heteroatoms. The van der Waals surface area contributed by atoms with Crippen LogP contribution < -0.4 is 15.8 Å². The number of hydrogen-bond acceptors (Lipinski definition) is 3. The first-order valence-electron chi connectivity index (χ1n) is 4.51. The van der Waals surface area contributed by atoms with Gasteiger partial charge >= 0.3 is 6.03 Å². The number of halogens is 1. The van der Waals surface area contributed by atoms with E-state index in [9.17, 15) is 9.59 Å². The zero-order valence-electron chi connectivity index (χ0n) is 8.57. The monoisotopic (exact) mass is 242 g/mol. The van der Waals surface area contributed by atoms with Crippen molar-refractivity contribution >= 4 is 23.5 Å². The number of rotatable bonds is 3. The van der Waals surface area contributed by atoms with Crippen molar-refractivity contribution in [1.82, 2.24) is 5.32 Å². The molecule has 0 aliphatic rings. The van der Waals surface area contributed by atoms with E-state index in [1.165, 1.54) is 6.92 Å². The maximum atomic E-state index is 11.3. The first kappa shape index (κ1) is 12.3. The average molecular weight is 243 g/mol. The van der Waals surface area contributed by atoms with Gasteiger partial charge in [-0.2, -0.15) is 0 Å². The normalized spacial score (nSPS) is 11.6. The minimum absolute atomic E-state index is 0.483. The summed E-state index contributed by atoms with van der Waals surface area (Å²) in [7, 11) is 0. The van der Waals surface area contributed by atoms with E-state index in [-0.39, 0.29) is 0 Å². The molecule has 3 amide bonds. The van der Waals surface area contributed by atoms with Gasteiger partial charge in [-0.05, 0) is 31.2 Å². The van der Waals surface area contributed by atoms with E-state index in [0.29, 0.717) is 10.8 Å². The summed E-state index contributed by atoms with van der Waals surface area (Å²) in [4.78, 5) is 21.7. The lowest BCUT2D eigenvalue weighted by Crippen LogP contribution is -2.42. The van der Waals surface area contributed by atoms with Crippen LogP contribution in [0.3, 0.4) is 0 Å². The third-order valence-corrected chi connectivity index (χ3v) is 1.99. The molecule has 86 valence electrons. The van der Waals surface area contributed by atoms with E-state index in [2.05, 4.69) is 0 Å². The fourth-order valence-corrected chi connectivity index (χ4v) is 1.12. The van der Waals surface area contributed by atoms with E-state index in [0.717, 1.165) is 0 Å². The molecule has 1 rings (SSSR count). The second-order valence-corrected chi connectivity index (χ2v) is 3.50. The van der Waals surface area contributed by atoms with E-state index in [1.54, 1.807) is 24.3 Å². The molecule has 0 spiro atoms. The minimum Gasteiger partial charge on any atom is -0.481 e. The summed E-state index contributed by atoms with van der Waals surface area (Å²) in [6.07, 6.45) is -0.811. The molecule has 1 atom stereocenters. The number of primary amides is 1. The Bertz CT molecular complexity index is 392. The molecule has 1 unspecified atom stereocenters. The highest BCUT2D eigenvalue weighted by Crippen LogP contribution is 2.16. The lowest BCUT2D eigenvalue weighted by molar-refractivity contribution is -0.126. The zero-order valence-corrected chi connectivity index (χ0v) is 9.32. The number of hydrogen-bond donors (Lipinski definition) is 2. The van der Waals surface area contributed by atoms with Gasteiger partial charge in [0.05, 0.1) is 0 Å². The molecule has 0 radical (unpaired) electrons. The molecule has 0 saturated carbocycles. The maximum Gasteiger partial charge on any atom is 0.318 e. The molecule has 3 N–H and O–H groups in total. The summed E-state index contributed by atoms with van der Waals surface area (Å²) in [5.41, 5.74) is 4.80. The molecule has 1 aromatic rings. The highest BCUT2D eigenvalue weighted by molar-refractivity contribution is 6.30. The van der Waals surface area contributed by atoms with E-state index in [4.69, 9.17) is 22.1 Å². The molecule has 0 aromatic heterocycles. The van der Waals surface area contributed by atoms with Gasteiger partial charge < -0.3 is 10.5 Å². The Balaban J connectivity index is 2.57. The third-order valence-electron chi connectivity index (χ3n) is 1.74. The highest BCUT2D eigenvalue weighted by atomic mass is 35.5. The van der Waals surface area contributed by atoms with Crippen LogP contribution in [0.25, 0.3) is 0 Å². The Morgan fingerprint density at radius 2 is 1.94 bits per heavy atom. The van der Waals surface area contributed by atoms with Gasteiger partial charge in [0.2, 0.25) is 0 Å². The number of nitrogens with one attached hydrogen (secondary N) is 1. The molecule has 0 aliphatic carbocycles. The van der Waals surface area contributed by atoms with Crippen LogP contribution in [0.15, 0.2) is 24.3 Å². The van der Waals surface area contributed by atoms with Crippen LogP contribution in [-0.4, -0.2) is 18.0 Å². The summed E-state index contributed by atoms with van der Waals surface area (Å²) >= 11 is 5.68. The summed E-state index contributed by atoms with van der Waals surface area (Å²) in [5, 5.41) is 2.49. The Morgan fingerprint density at radius 3 is 2.44 bits per heavy atom. The third kappa shape index (κ3) is 3.78. The van der Waals surface area contributed by atoms with Crippen LogP contribution in [0.2, 0.25) is 5.02 Å². The van der Waals surface area contributed by atoms with Crippen molar-refractivity contribution in [3.05, 3.63) is 29.3 Å². The van der Waals surface area contributed by atoms with Gasteiger partial charge in [0, 0.05) is 5.02 Å². The van der Waals surface area contributed by atoms with Crippen molar-refractivity contribution in [2.75, 3.05) is 0 Å². The van der Waals surface area contributed by atoms with Crippen molar-refractivity contribution in [2.24, 2.45) is 5.73 Å². The van der Waals surface area contributed by atoms with Crippen LogP contribution >= 0.6 is 11.6 Å². The number of amides is 3. The smallest absolute Gasteiger partial charge is 0.318 e. The molecule has 0 aliphatic heterocycles. The maximum absolute atomic E-state index is 11.3. The van der Waals surface area contributed by atoms with Crippen LogP contribution in [0.4, 0.5) is 4.79 Å². The lowest BCUT2D eigenvalue weighted by atomic mass is 10.3. The van der Waals surface area contributed by atoms with Gasteiger partial charge in [-0.3, -0.25) is 10.1 Å². The largest absolute Gasteiger partial charge is 0.481 e. The summed E-state index contributed by atoms with van der Waals surface area (Å²) in [5.74, 6) is -0.112. The molecule has 5 nitrogen and oxygen atoms in total. The average Bonchev–Trinajstić information content (AvgIpc) is 2.20. The highest BCUT2D eigenvalue weighted by Gasteiger charge is 2.15. The molecule has 0 fully saturated rings. The number of ether oxygens (including phenoxy) is 1. The Labute approximate surface area is 97.5 Å². The second-order valence-electron chi connectivity index (χ2n) is 3.07. The minimum atomic E-state index is -0.906. The number of benzene rings is 1. The van der Waals surface area contributed by atoms with E-state index in [1.807, 2.05) is 5.32 Å². The second kappa shape index (κ2) is 5.37. The van der Waals surface area contributed by atoms with Gasteiger partial charge in [0.15, 0.2) is 6.10 Å². The van der Waals surface area contributed by atoms with Crippen molar-refractivity contribution in [2.45, 2.75) is 13.0 Å². The predicted octanol–water partition coefficient (Wildman–Crippen LogP) is 1.30. The topological polar surface area (TPSA) is 81.4 Å². The first-order valence-corrected chi connectivity index (χ1v) is 4.89. The van der Waals surface area contributed by atoms with Gasteiger partial charge in [-0.1, -0.05) is 11.6 Å². The van der Waals surface area contributed by atoms with Crippen LogP contribution in [-0.2, 0) is 4.79 Å². The standard InChI is InChI=1S/C10H11ClN2O3/c1-6(9(14)13-10(12)15)16-8-4-2-7(11)3-5-8/h2-6H,1H3,(H3,12,13,14,15). The van der Waals surface area contributed by atoms with Crippen molar-refractivity contribution in [1.29, 1.82) is 0 Å². The zero-order chi connectivity index (χ0) is 12.1. The molecular weight excluding hydrogens is 232 g/mol. The van der Waals surface area contributed by atoms with Crippen LogP contribution in [0.1, 0.15) is 6.92 Å². The number of urea groups is 1. The number of carbonyl (C=O) groups excluding carboxylic acids is 2. The molecule has 1 aromatic carbocycles.